The summed E-state index contributed by atoms with van der Waals surface area (Å²) in [6.07, 6.45) is -2.94. The third kappa shape index (κ3) is 3.17. The number of benzene rings is 1. The van der Waals surface area contributed by atoms with Crippen molar-refractivity contribution in [1.82, 2.24) is 5.32 Å². The van der Waals surface area contributed by atoms with Crippen molar-refractivity contribution in [2.45, 2.75) is 37.5 Å². The summed E-state index contributed by atoms with van der Waals surface area (Å²) in [4.78, 5) is 12.2. The molecule has 1 aromatic rings. The molecule has 2 N–H and O–H groups in total. The second-order valence-corrected chi connectivity index (χ2v) is 5.81. The zero-order valence-corrected chi connectivity index (χ0v) is 12.4. The van der Waals surface area contributed by atoms with Gasteiger partial charge in [-0.25, -0.2) is 0 Å². The van der Waals surface area contributed by atoms with E-state index in [0.29, 0.717) is 25.7 Å². The van der Waals surface area contributed by atoms with Gasteiger partial charge in [0.05, 0.1) is 12.6 Å². The predicted molar refractivity (Wildman–Crippen MR) is 75.9 cm³/mol. The Morgan fingerprint density at radius 1 is 1.26 bits per heavy atom. The highest BCUT2D eigenvalue weighted by atomic mass is 19.4. The number of rotatable bonds is 4. The largest absolute Gasteiger partial charge is 0.423 e. The molecular weight excluding hydrogens is 309 g/mol. The lowest BCUT2D eigenvalue weighted by atomic mass is 9.86. The van der Waals surface area contributed by atoms with Crippen molar-refractivity contribution in [1.29, 1.82) is 5.26 Å². The smallest absolute Gasteiger partial charge is 0.375 e. The third-order valence-electron chi connectivity index (χ3n) is 4.33. The first-order valence-electron chi connectivity index (χ1n) is 7.29. The first-order chi connectivity index (χ1) is 10.8. The topological polar surface area (TPSA) is 73.1 Å². The van der Waals surface area contributed by atoms with E-state index in [2.05, 4.69) is 5.32 Å². The summed E-state index contributed by atoms with van der Waals surface area (Å²) < 4.78 is 40.0. The molecule has 0 unspecified atom stereocenters. The van der Waals surface area contributed by atoms with Crippen molar-refractivity contribution in [3.63, 3.8) is 0 Å². The molecule has 0 heterocycles. The Hall–Kier alpha value is -2.07. The van der Waals surface area contributed by atoms with Crippen LogP contribution in [-0.4, -0.2) is 23.7 Å². The summed E-state index contributed by atoms with van der Waals surface area (Å²) in [6, 6.07) is 8.50. The number of alkyl halides is 3. The molecule has 7 heteroatoms. The Bertz CT molecular complexity index is 604. The molecule has 0 saturated heterocycles. The fraction of sp³-hybridized carbons (Fsp3) is 0.500. The summed E-state index contributed by atoms with van der Waals surface area (Å²) in [5.74, 6) is -0.754. The molecule has 1 amide bonds. The number of nitriles is 1. The first kappa shape index (κ1) is 17.3. The molecule has 0 spiro atoms. The van der Waals surface area contributed by atoms with Crippen LogP contribution in [0.5, 0.6) is 0 Å². The van der Waals surface area contributed by atoms with E-state index in [1.807, 2.05) is 6.07 Å². The van der Waals surface area contributed by atoms with E-state index in [-0.39, 0.29) is 5.56 Å². The van der Waals surface area contributed by atoms with Gasteiger partial charge in [-0.2, -0.15) is 18.4 Å². The average Bonchev–Trinajstić information content (AvgIpc) is 3.02. The lowest BCUT2D eigenvalue weighted by molar-refractivity contribution is -0.264. The molecule has 1 aliphatic carbocycles. The van der Waals surface area contributed by atoms with Crippen LogP contribution >= 0.6 is 0 Å². The van der Waals surface area contributed by atoms with E-state index in [9.17, 15) is 28.3 Å². The van der Waals surface area contributed by atoms with Gasteiger partial charge in [0.2, 0.25) is 11.5 Å². The van der Waals surface area contributed by atoms with E-state index in [1.54, 1.807) is 0 Å². The van der Waals surface area contributed by atoms with Crippen molar-refractivity contribution in [3.8, 4) is 6.07 Å². The van der Waals surface area contributed by atoms with Crippen LogP contribution in [0.3, 0.4) is 0 Å². The maximum absolute atomic E-state index is 13.3. The van der Waals surface area contributed by atoms with Gasteiger partial charge in [0, 0.05) is 0 Å². The van der Waals surface area contributed by atoms with Crippen LogP contribution in [0.15, 0.2) is 30.3 Å². The highest BCUT2D eigenvalue weighted by Gasteiger charge is 2.55. The van der Waals surface area contributed by atoms with Crippen molar-refractivity contribution < 1.29 is 23.1 Å². The van der Waals surface area contributed by atoms with Gasteiger partial charge in [-0.3, -0.25) is 4.79 Å². The normalized spacial score (nSPS) is 19.6. The summed E-state index contributed by atoms with van der Waals surface area (Å²) in [6.45, 7) is -1.03. The van der Waals surface area contributed by atoms with Crippen LogP contribution in [0, 0.1) is 16.7 Å². The Kier molecular flexibility index (Phi) is 4.66. The molecule has 1 aliphatic rings. The molecular formula is C16H17F3N2O2. The quantitative estimate of drug-likeness (QED) is 0.893. The van der Waals surface area contributed by atoms with Crippen LogP contribution in [0.1, 0.15) is 31.2 Å². The Morgan fingerprint density at radius 2 is 1.83 bits per heavy atom. The van der Waals surface area contributed by atoms with Gasteiger partial charge in [-0.05, 0) is 18.4 Å². The molecule has 1 saturated carbocycles. The molecule has 0 radical (unpaired) electrons. The van der Waals surface area contributed by atoms with E-state index < -0.39 is 29.6 Å². The third-order valence-corrected chi connectivity index (χ3v) is 4.33. The monoisotopic (exact) mass is 326 g/mol. The zero-order valence-electron chi connectivity index (χ0n) is 12.4. The van der Waals surface area contributed by atoms with Crippen LogP contribution in [0.25, 0.3) is 0 Å². The number of carbonyl (C=O) groups excluding carboxylic acids is 1. The lowest BCUT2D eigenvalue weighted by Gasteiger charge is -2.32. The van der Waals surface area contributed by atoms with Crippen molar-refractivity contribution in [2.24, 2.45) is 5.41 Å². The van der Waals surface area contributed by atoms with E-state index in [4.69, 9.17) is 0 Å². The van der Waals surface area contributed by atoms with Gasteiger partial charge in [0.15, 0.2) is 0 Å². The van der Waals surface area contributed by atoms with Gasteiger partial charge in [-0.1, -0.05) is 43.2 Å². The number of nitrogens with zero attached hydrogens (tertiary/aromatic N) is 1. The van der Waals surface area contributed by atoms with Crippen molar-refractivity contribution in [3.05, 3.63) is 35.9 Å². The second-order valence-electron chi connectivity index (χ2n) is 5.81. The number of amides is 1. The first-order valence-corrected chi connectivity index (χ1v) is 7.29. The molecule has 0 bridgehead atoms. The van der Waals surface area contributed by atoms with Crippen LogP contribution in [0.4, 0.5) is 13.2 Å². The minimum Gasteiger partial charge on any atom is -0.375 e. The number of carbonyl (C=O) groups is 1. The minimum absolute atomic E-state index is 0.325. The van der Waals surface area contributed by atoms with Gasteiger partial charge < -0.3 is 10.4 Å². The molecule has 1 fully saturated rings. The summed E-state index contributed by atoms with van der Waals surface area (Å²) in [7, 11) is 0. The second kappa shape index (κ2) is 6.20. The molecule has 124 valence electrons. The maximum atomic E-state index is 13.3. The van der Waals surface area contributed by atoms with E-state index in [0.717, 1.165) is 12.1 Å². The fourth-order valence-electron chi connectivity index (χ4n) is 2.83. The molecule has 1 aromatic carbocycles. The zero-order chi connectivity index (χ0) is 17.1. The molecule has 23 heavy (non-hydrogen) atoms. The lowest BCUT2D eigenvalue weighted by Crippen LogP contribution is -2.53. The molecule has 0 aromatic heterocycles. The summed E-state index contributed by atoms with van der Waals surface area (Å²) in [5.41, 5.74) is -4.84. The number of nitrogens with one attached hydrogen (secondary N) is 1. The number of aliphatic hydroxyl groups is 1. The van der Waals surface area contributed by atoms with Gasteiger partial charge >= 0.3 is 6.18 Å². The van der Waals surface area contributed by atoms with Crippen molar-refractivity contribution >= 4 is 5.91 Å². The summed E-state index contributed by atoms with van der Waals surface area (Å²) >= 11 is 0. The molecule has 0 aliphatic heterocycles. The van der Waals surface area contributed by atoms with Crippen LogP contribution < -0.4 is 5.32 Å². The van der Waals surface area contributed by atoms with Gasteiger partial charge in [0.25, 0.3) is 0 Å². The standard InChI is InChI=1S/C16H17F3N2O2/c17-16(18,19)15(23,12-6-2-1-3-7-12)11-21-13(22)14(10-20)8-4-5-9-14/h1-3,6-7,23H,4-5,8-9,11H2,(H,21,22)/t15-/m1/s1. The highest BCUT2D eigenvalue weighted by molar-refractivity contribution is 5.85. The van der Waals surface area contributed by atoms with E-state index >= 15 is 0 Å². The maximum Gasteiger partial charge on any atom is 0.423 e. The van der Waals surface area contributed by atoms with Gasteiger partial charge in [0.1, 0.15) is 5.41 Å². The Labute approximate surface area is 131 Å². The molecule has 1 atom stereocenters. The van der Waals surface area contributed by atoms with Crippen LogP contribution in [-0.2, 0) is 10.4 Å². The van der Waals surface area contributed by atoms with E-state index in [1.165, 1.54) is 18.2 Å². The Balaban J connectivity index is 2.21. The molecule has 2 rings (SSSR count). The number of hydrogen-bond acceptors (Lipinski definition) is 3. The summed E-state index contributed by atoms with van der Waals surface area (Å²) in [5, 5.41) is 21.5. The SMILES string of the molecule is N#CC1(C(=O)NC[C@@](O)(c2ccccc2)C(F)(F)F)CCCC1. The van der Waals surface area contributed by atoms with Crippen LogP contribution in [0.2, 0.25) is 0 Å². The fourth-order valence-corrected chi connectivity index (χ4v) is 2.83. The predicted octanol–water partition coefficient (Wildman–Crippen LogP) is 2.64. The highest BCUT2D eigenvalue weighted by Crippen LogP contribution is 2.40. The number of halogens is 3. The average molecular weight is 326 g/mol. The van der Waals surface area contributed by atoms with Crippen molar-refractivity contribution in [2.75, 3.05) is 6.54 Å². The molecule has 4 nitrogen and oxygen atoms in total. The Morgan fingerprint density at radius 3 is 2.30 bits per heavy atom. The van der Waals surface area contributed by atoms with Gasteiger partial charge in [-0.15, -0.1) is 0 Å². The minimum atomic E-state index is -4.96. The number of hydrogen-bond donors (Lipinski definition) is 2.